The molecule has 0 spiro atoms. The molecule has 0 bridgehead atoms. The van der Waals surface area contributed by atoms with Gasteiger partial charge in [-0.2, -0.15) is 0 Å². The quantitative estimate of drug-likeness (QED) is 0.906. The van der Waals surface area contributed by atoms with Gasteiger partial charge in [0.15, 0.2) is 0 Å². The molecule has 1 N–H and O–H groups in total. The van der Waals surface area contributed by atoms with Crippen molar-refractivity contribution >= 4 is 5.91 Å². The number of amides is 1. The van der Waals surface area contributed by atoms with E-state index in [1.807, 2.05) is 18.2 Å². The van der Waals surface area contributed by atoms with Crippen LogP contribution in [0.1, 0.15) is 31.2 Å². The van der Waals surface area contributed by atoms with Crippen LogP contribution in [-0.2, 0) is 11.2 Å². The maximum Gasteiger partial charge on any atom is 0.223 e. The summed E-state index contributed by atoms with van der Waals surface area (Å²) in [7, 11) is 0. The molecule has 1 heterocycles. The van der Waals surface area contributed by atoms with E-state index in [9.17, 15) is 4.79 Å². The van der Waals surface area contributed by atoms with Gasteiger partial charge in [0.25, 0.3) is 0 Å². The fraction of sp³-hybridized carbons (Fsp3) is 0.562. The average molecular weight is 259 g/mol. The van der Waals surface area contributed by atoms with E-state index in [2.05, 4.69) is 11.4 Å². The Morgan fingerprint density at radius 3 is 2.89 bits per heavy atom. The standard InChI is InChI=1S/C16H21NO2/c18-16(13-5-1-2-6-13)17-10-12-9-14-7-3-4-8-15(14)19-11-12/h3-4,7-8,12-13H,1-2,5-6,9-11H2,(H,17,18). The number of para-hydroxylation sites is 1. The number of rotatable bonds is 3. The lowest BCUT2D eigenvalue weighted by Crippen LogP contribution is -2.37. The van der Waals surface area contributed by atoms with E-state index in [-0.39, 0.29) is 11.8 Å². The maximum atomic E-state index is 12.0. The minimum atomic E-state index is 0.247. The monoisotopic (exact) mass is 259 g/mol. The van der Waals surface area contributed by atoms with Crippen molar-refractivity contribution in [2.45, 2.75) is 32.1 Å². The highest BCUT2D eigenvalue weighted by atomic mass is 16.5. The van der Waals surface area contributed by atoms with Crippen LogP contribution in [0.15, 0.2) is 24.3 Å². The van der Waals surface area contributed by atoms with Crippen molar-refractivity contribution in [2.75, 3.05) is 13.2 Å². The number of carbonyl (C=O) groups is 1. The number of hydrogen-bond donors (Lipinski definition) is 1. The van der Waals surface area contributed by atoms with Crippen LogP contribution < -0.4 is 10.1 Å². The Balaban J connectivity index is 1.50. The van der Waals surface area contributed by atoms with Gasteiger partial charge < -0.3 is 10.1 Å². The second-order valence-electron chi connectivity index (χ2n) is 5.72. The van der Waals surface area contributed by atoms with Gasteiger partial charge in [0.2, 0.25) is 5.91 Å². The van der Waals surface area contributed by atoms with Gasteiger partial charge in [0.05, 0.1) is 6.61 Å². The molecule has 1 amide bonds. The van der Waals surface area contributed by atoms with Gasteiger partial charge >= 0.3 is 0 Å². The molecular weight excluding hydrogens is 238 g/mol. The molecule has 2 aliphatic rings. The van der Waals surface area contributed by atoms with Gasteiger partial charge in [-0.15, -0.1) is 0 Å². The van der Waals surface area contributed by atoms with Crippen LogP contribution in [0.5, 0.6) is 5.75 Å². The lowest BCUT2D eigenvalue weighted by atomic mass is 9.96. The molecule has 1 fully saturated rings. The summed E-state index contributed by atoms with van der Waals surface area (Å²) in [5.41, 5.74) is 1.26. The number of ether oxygens (including phenoxy) is 1. The first kappa shape index (κ1) is 12.5. The molecule has 19 heavy (non-hydrogen) atoms. The average Bonchev–Trinajstić information content (AvgIpc) is 2.99. The van der Waals surface area contributed by atoms with Crippen molar-refractivity contribution in [3.05, 3.63) is 29.8 Å². The summed E-state index contributed by atoms with van der Waals surface area (Å²) in [5, 5.41) is 3.11. The summed E-state index contributed by atoms with van der Waals surface area (Å²) in [6.45, 7) is 1.45. The van der Waals surface area contributed by atoms with Crippen molar-refractivity contribution in [3.8, 4) is 5.75 Å². The zero-order chi connectivity index (χ0) is 13.1. The lowest BCUT2D eigenvalue weighted by Gasteiger charge is -2.25. The molecule has 1 atom stereocenters. The van der Waals surface area contributed by atoms with E-state index >= 15 is 0 Å². The molecule has 1 aliphatic heterocycles. The van der Waals surface area contributed by atoms with Crippen LogP contribution in [0, 0.1) is 11.8 Å². The molecule has 0 saturated heterocycles. The van der Waals surface area contributed by atoms with Crippen molar-refractivity contribution in [1.29, 1.82) is 0 Å². The van der Waals surface area contributed by atoms with Gasteiger partial charge in [-0.1, -0.05) is 31.0 Å². The van der Waals surface area contributed by atoms with E-state index in [4.69, 9.17) is 4.74 Å². The Hall–Kier alpha value is -1.51. The van der Waals surface area contributed by atoms with Crippen molar-refractivity contribution < 1.29 is 9.53 Å². The minimum Gasteiger partial charge on any atom is -0.493 e. The van der Waals surface area contributed by atoms with Gasteiger partial charge in [-0.25, -0.2) is 0 Å². The summed E-state index contributed by atoms with van der Waals surface area (Å²) in [5.74, 6) is 1.91. The van der Waals surface area contributed by atoms with Crippen LogP contribution in [-0.4, -0.2) is 19.1 Å². The number of carbonyl (C=O) groups excluding carboxylic acids is 1. The normalized spacial score (nSPS) is 22.6. The number of fused-ring (bicyclic) bond motifs is 1. The van der Waals surface area contributed by atoms with E-state index in [1.165, 1.54) is 18.4 Å². The topological polar surface area (TPSA) is 38.3 Å². The lowest BCUT2D eigenvalue weighted by molar-refractivity contribution is -0.125. The zero-order valence-corrected chi connectivity index (χ0v) is 11.2. The third kappa shape index (κ3) is 2.91. The third-order valence-electron chi connectivity index (χ3n) is 4.25. The predicted octanol–water partition coefficient (Wildman–Crippen LogP) is 2.54. The molecule has 1 saturated carbocycles. The van der Waals surface area contributed by atoms with E-state index < -0.39 is 0 Å². The molecule has 0 aromatic heterocycles. The van der Waals surface area contributed by atoms with Gasteiger partial charge in [-0.05, 0) is 30.9 Å². The smallest absolute Gasteiger partial charge is 0.223 e. The summed E-state index contributed by atoms with van der Waals surface area (Å²) in [6, 6.07) is 8.17. The minimum absolute atomic E-state index is 0.247. The van der Waals surface area contributed by atoms with Crippen molar-refractivity contribution in [1.82, 2.24) is 5.32 Å². The first-order valence-corrected chi connectivity index (χ1v) is 7.31. The fourth-order valence-corrected chi connectivity index (χ4v) is 3.10. The molecular formula is C16H21NO2. The summed E-state index contributed by atoms with van der Waals surface area (Å²) >= 11 is 0. The molecule has 1 unspecified atom stereocenters. The Labute approximate surface area is 114 Å². The predicted molar refractivity (Wildman–Crippen MR) is 74.1 cm³/mol. The SMILES string of the molecule is O=C(NCC1COc2ccccc2C1)C1CCCC1. The first-order chi connectivity index (χ1) is 9.33. The summed E-state index contributed by atoms with van der Waals surface area (Å²) < 4.78 is 5.74. The zero-order valence-electron chi connectivity index (χ0n) is 11.2. The number of benzene rings is 1. The summed E-state index contributed by atoms with van der Waals surface area (Å²) in [6.07, 6.45) is 5.54. The first-order valence-electron chi connectivity index (χ1n) is 7.31. The van der Waals surface area contributed by atoms with Crippen LogP contribution >= 0.6 is 0 Å². The maximum absolute atomic E-state index is 12.0. The van der Waals surface area contributed by atoms with Crippen LogP contribution in [0.25, 0.3) is 0 Å². The van der Waals surface area contributed by atoms with Crippen LogP contribution in [0.3, 0.4) is 0 Å². The van der Waals surface area contributed by atoms with Crippen LogP contribution in [0.4, 0.5) is 0 Å². The Morgan fingerprint density at radius 2 is 2.05 bits per heavy atom. The number of nitrogens with one attached hydrogen (secondary N) is 1. The molecule has 3 rings (SSSR count). The third-order valence-corrected chi connectivity index (χ3v) is 4.25. The van der Waals surface area contributed by atoms with Gasteiger partial charge in [-0.3, -0.25) is 4.79 Å². The highest BCUT2D eigenvalue weighted by molar-refractivity contribution is 5.78. The largest absolute Gasteiger partial charge is 0.493 e. The number of hydrogen-bond acceptors (Lipinski definition) is 2. The highest BCUT2D eigenvalue weighted by Crippen LogP contribution is 2.27. The molecule has 0 radical (unpaired) electrons. The molecule has 3 nitrogen and oxygen atoms in total. The van der Waals surface area contributed by atoms with Gasteiger partial charge in [0.1, 0.15) is 5.75 Å². The second kappa shape index (κ2) is 5.64. The highest BCUT2D eigenvalue weighted by Gasteiger charge is 2.24. The second-order valence-corrected chi connectivity index (χ2v) is 5.72. The van der Waals surface area contributed by atoms with E-state index in [0.717, 1.165) is 31.6 Å². The molecule has 102 valence electrons. The van der Waals surface area contributed by atoms with Crippen LogP contribution in [0.2, 0.25) is 0 Å². The van der Waals surface area contributed by atoms with Crippen molar-refractivity contribution in [2.24, 2.45) is 11.8 Å². The van der Waals surface area contributed by atoms with E-state index in [0.29, 0.717) is 12.5 Å². The Bertz CT molecular complexity index is 452. The van der Waals surface area contributed by atoms with Crippen molar-refractivity contribution in [3.63, 3.8) is 0 Å². The molecule has 3 heteroatoms. The molecule has 1 aromatic carbocycles. The molecule has 1 aliphatic carbocycles. The van der Waals surface area contributed by atoms with Gasteiger partial charge in [0, 0.05) is 18.4 Å². The Kier molecular flexibility index (Phi) is 3.72. The molecule has 1 aromatic rings. The van der Waals surface area contributed by atoms with E-state index in [1.54, 1.807) is 0 Å². The summed E-state index contributed by atoms with van der Waals surface area (Å²) in [4.78, 5) is 12.0. The fourth-order valence-electron chi connectivity index (χ4n) is 3.10. The Morgan fingerprint density at radius 1 is 1.26 bits per heavy atom.